The van der Waals surface area contributed by atoms with Crippen molar-refractivity contribution in [2.45, 2.75) is 75.2 Å². The molecule has 5 rings (SSSR count). The van der Waals surface area contributed by atoms with Gasteiger partial charge in [-0.15, -0.1) is 5.10 Å². The molecule has 10 nitrogen and oxygen atoms in total. The number of aliphatic hydroxyl groups is 3. The lowest BCUT2D eigenvalue weighted by Gasteiger charge is -2.46. The zero-order valence-corrected chi connectivity index (χ0v) is 24.2. The van der Waals surface area contributed by atoms with Crippen molar-refractivity contribution in [1.29, 1.82) is 0 Å². The van der Waals surface area contributed by atoms with Crippen molar-refractivity contribution in [3.8, 4) is 11.3 Å². The van der Waals surface area contributed by atoms with Crippen LogP contribution in [0.2, 0.25) is 5.02 Å². The summed E-state index contributed by atoms with van der Waals surface area (Å²) in [5.74, 6) is -5.07. The molecule has 7 atom stereocenters. The van der Waals surface area contributed by atoms with E-state index >= 15 is 0 Å². The summed E-state index contributed by atoms with van der Waals surface area (Å²) < 4.78 is 54.2. The number of carbonyl (C=O) groups is 1. The number of halogens is 4. The molecule has 2 aromatic carbocycles. The molecule has 1 aliphatic heterocycles. The van der Waals surface area contributed by atoms with Gasteiger partial charge in [0.05, 0.1) is 24.9 Å². The first-order chi connectivity index (χ1) is 20.5. The van der Waals surface area contributed by atoms with Gasteiger partial charge in [-0.25, -0.2) is 17.9 Å². The van der Waals surface area contributed by atoms with Crippen molar-refractivity contribution in [3.63, 3.8) is 0 Å². The van der Waals surface area contributed by atoms with E-state index < -0.39 is 72.6 Å². The van der Waals surface area contributed by atoms with Crippen LogP contribution in [-0.4, -0.2) is 86.5 Å². The van der Waals surface area contributed by atoms with Crippen LogP contribution < -0.4 is 4.90 Å². The Bertz CT molecular complexity index is 1450. The molecule has 2 heterocycles. The lowest BCUT2D eigenvalue weighted by molar-refractivity contribution is -0.211. The molecule has 2 aliphatic rings. The number of benzene rings is 2. The smallest absolute Gasteiger partial charge is 0.259 e. The number of aliphatic hydroxyl groups excluding tert-OH is 3. The molecule has 3 N–H and O–H groups in total. The minimum atomic E-state index is -1.63. The Labute approximate surface area is 250 Å². The number of hydrogen-bond donors (Lipinski definition) is 3. The Hall–Kier alpha value is -3.07. The van der Waals surface area contributed by atoms with E-state index in [4.69, 9.17) is 21.1 Å². The second-order valence-electron chi connectivity index (χ2n) is 10.9. The summed E-state index contributed by atoms with van der Waals surface area (Å²) in [5.41, 5.74) is 1.03. The van der Waals surface area contributed by atoms with Gasteiger partial charge in [-0.2, -0.15) is 0 Å². The quantitative estimate of drug-likeness (QED) is 0.342. The predicted octanol–water partition coefficient (Wildman–Crippen LogP) is 3.34. The van der Waals surface area contributed by atoms with Crippen molar-refractivity contribution in [3.05, 3.63) is 64.6 Å². The Balaban J connectivity index is 1.55. The molecule has 1 saturated carbocycles. The molecule has 0 bridgehead atoms. The summed E-state index contributed by atoms with van der Waals surface area (Å²) >= 11 is 6.32. The van der Waals surface area contributed by atoms with Crippen molar-refractivity contribution >= 4 is 23.2 Å². The van der Waals surface area contributed by atoms with Crippen LogP contribution >= 0.6 is 11.6 Å². The van der Waals surface area contributed by atoms with E-state index in [1.54, 1.807) is 25.1 Å². The Morgan fingerprint density at radius 3 is 2.51 bits per heavy atom. The van der Waals surface area contributed by atoms with E-state index in [-0.39, 0.29) is 11.3 Å². The first-order valence-corrected chi connectivity index (χ1v) is 14.2. The Kier molecular flexibility index (Phi) is 9.40. The summed E-state index contributed by atoms with van der Waals surface area (Å²) in [5, 5.41) is 40.6. The van der Waals surface area contributed by atoms with E-state index in [1.165, 1.54) is 18.2 Å². The first-order valence-electron chi connectivity index (χ1n) is 13.9. The summed E-state index contributed by atoms with van der Waals surface area (Å²) in [7, 11) is 1.31. The van der Waals surface area contributed by atoms with E-state index in [0.29, 0.717) is 23.6 Å². The van der Waals surface area contributed by atoms with Gasteiger partial charge in [-0.3, -0.25) is 4.79 Å². The SMILES string of the molecule is COC1C(C(=O)N(c2cc(Cl)ccc2C)[C@H]2CCCC[C@@H]2O)OC(CO)C(O)C1n1cc(-c2cc(F)c(F)c(F)c2)nn1. The third-order valence-corrected chi connectivity index (χ3v) is 8.41. The van der Waals surface area contributed by atoms with Crippen LogP contribution in [0.1, 0.15) is 37.3 Å². The molecule has 232 valence electrons. The van der Waals surface area contributed by atoms with Crippen LogP contribution in [0.15, 0.2) is 36.5 Å². The minimum absolute atomic E-state index is 0.0451. The number of carbonyl (C=O) groups excluding carboxylic acids is 1. The van der Waals surface area contributed by atoms with Crippen molar-refractivity contribution in [2.75, 3.05) is 18.6 Å². The molecule has 1 aliphatic carbocycles. The first kappa shape index (κ1) is 31.4. The van der Waals surface area contributed by atoms with E-state index in [1.807, 2.05) is 0 Å². The van der Waals surface area contributed by atoms with Gasteiger partial charge in [0.25, 0.3) is 5.91 Å². The van der Waals surface area contributed by atoms with Gasteiger partial charge >= 0.3 is 0 Å². The lowest BCUT2D eigenvalue weighted by Crippen LogP contribution is -2.63. The average molecular weight is 625 g/mol. The second-order valence-corrected chi connectivity index (χ2v) is 11.3. The predicted molar refractivity (Wildman–Crippen MR) is 149 cm³/mol. The van der Waals surface area contributed by atoms with Crippen LogP contribution in [0.5, 0.6) is 0 Å². The fourth-order valence-electron chi connectivity index (χ4n) is 5.95. The Morgan fingerprint density at radius 1 is 1.16 bits per heavy atom. The van der Waals surface area contributed by atoms with Crippen molar-refractivity contribution in [1.82, 2.24) is 15.0 Å². The molecule has 0 spiro atoms. The highest BCUT2D eigenvalue weighted by atomic mass is 35.5. The summed E-state index contributed by atoms with van der Waals surface area (Å²) in [6.07, 6.45) is -2.34. The number of hydrogen-bond acceptors (Lipinski definition) is 8. The van der Waals surface area contributed by atoms with Crippen LogP contribution in [0.3, 0.4) is 0 Å². The van der Waals surface area contributed by atoms with Gasteiger partial charge in [0.15, 0.2) is 23.6 Å². The molecular formula is C29H32ClF3N4O6. The van der Waals surface area contributed by atoms with Crippen LogP contribution in [0, 0.1) is 24.4 Å². The maximum Gasteiger partial charge on any atom is 0.259 e. The number of ether oxygens (including phenoxy) is 2. The molecule has 1 saturated heterocycles. The molecule has 3 aromatic rings. The minimum Gasteiger partial charge on any atom is -0.394 e. The van der Waals surface area contributed by atoms with Gasteiger partial charge in [0.1, 0.15) is 30.0 Å². The zero-order chi connectivity index (χ0) is 31.0. The van der Waals surface area contributed by atoms with Crippen LogP contribution in [0.4, 0.5) is 18.9 Å². The number of aromatic nitrogens is 3. The average Bonchev–Trinajstić information content (AvgIpc) is 3.48. The van der Waals surface area contributed by atoms with Gasteiger partial charge in [-0.1, -0.05) is 35.7 Å². The second kappa shape index (κ2) is 12.9. The maximum absolute atomic E-state index is 14.5. The third-order valence-electron chi connectivity index (χ3n) is 8.17. The molecule has 1 aromatic heterocycles. The lowest BCUT2D eigenvalue weighted by atomic mass is 9.88. The van der Waals surface area contributed by atoms with Crippen LogP contribution in [-0.2, 0) is 14.3 Å². The van der Waals surface area contributed by atoms with Gasteiger partial charge < -0.3 is 29.7 Å². The largest absolute Gasteiger partial charge is 0.394 e. The maximum atomic E-state index is 14.5. The third kappa shape index (κ3) is 6.02. The standard InChI is InChI=1S/C29H32ClF3N4O6/c1-14-7-8-16(30)11-21(14)37(20-5-3-4-6-22(20)39)29(41)28-27(42-2)25(26(40)23(13-38)43-28)36-12-19(34-35-36)15-9-17(31)24(33)18(32)10-15/h7-12,20,22-23,25-28,38-40H,3-6,13H2,1-2H3/t20-,22-,23?,25?,26?,27?,28?/m0/s1. The number of nitrogens with zero attached hydrogens (tertiary/aromatic N) is 4. The molecule has 0 radical (unpaired) electrons. The number of methoxy groups -OCH3 is 1. The number of aryl methyl sites for hydroxylation is 1. The van der Waals surface area contributed by atoms with E-state index in [0.717, 1.165) is 35.2 Å². The highest BCUT2D eigenvalue weighted by molar-refractivity contribution is 6.31. The topological polar surface area (TPSA) is 130 Å². The molecule has 2 fully saturated rings. The van der Waals surface area contributed by atoms with Gasteiger partial charge in [-0.05, 0) is 49.6 Å². The Morgan fingerprint density at radius 2 is 1.86 bits per heavy atom. The van der Waals surface area contributed by atoms with E-state index in [2.05, 4.69) is 10.3 Å². The zero-order valence-electron chi connectivity index (χ0n) is 23.4. The summed E-state index contributed by atoms with van der Waals surface area (Å²) in [6, 6.07) is 4.80. The van der Waals surface area contributed by atoms with Gasteiger partial charge in [0, 0.05) is 23.4 Å². The van der Waals surface area contributed by atoms with Gasteiger partial charge in [0.2, 0.25) is 0 Å². The highest BCUT2D eigenvalue weighted by Crippen LogP contribution is 2.38. The monoisotopic (exact) mass is 624 g/mol. The normalized spacial score (nSPS) is 27.7. The summed E-state index contributed by atoms with van der Waals surface area (Å²) in [4.78, 5) is 16.0. The highest BCUT2D eigenvalue weighted by Gasteiger charge is 2.52. The number of anilines is 1. The molecule has 5 unspecified atom stereocenters. The number of amides is 1. The molecular weight excluding hydrogens is 593 g/mol. The fraction of sp³-hybridized carbons (Fsp3) is 0.483. The molecule has 43 heavy (non-hydrogen) atoms. The number of rotatable bonds is 7. The molecule has 14 heteroatoms. The summed E-state index contributed by atoms with van der Waals surface area (Å²) in [6.45, 7) is 1.13. The van der Waals surface area contributed by atoms with Crippen molar-refractivity contribution in [2.24, 2.45) is 0 Å². The van der Waals surface area contributed by atoms with Crippen molar-refractivity contribution < 1.29 is 42.8 Å². The van der Waals surface area contributed by atoms with E-state index in [9.17, 15) is 33.3 Å². The molecule has 1 amide bonds. The van der Waals surface area contributed by atoms with Crippen LogP contribution in [0.25, 0.3) is 11.3 Å². The fourth-order valence-corrected chi connectivity index (χ4v) is 6.12.